The number of unbranched alkanes of at least 4 members (excludes halogenated alkanes) is 1. The Morgan fingerprint density at radius 1 is 1.31 bits per heavy atom. The van der Waals surface area contributed by atoms with Gasteiger partial charge in [-0.2, -0.15) is 0 Å². The first kappa shape index (κ1) is 15.2. The molecule has 0 aliphatic rings. The summed E-state index contributed by atoms with van der Waals surface area (Å²) in [6.07, 6.45) is 2.99. The topological polar surface area (TPSA) is 29.5 Å². The molecule has 0 N–H and O–H groups in total. The van der Waals surface area contributed by atoms with Crippen molar-refractivity contribution in [3.63, 3.8) is 0 Å². The summed E-state index contributed by atoms with van der Waals surface area (Å²) in [6, 6.07) is 0. The number of hydrogen-bond donors (Lipinski definition) is 0. The Morgan fingerprint density at radius 3 is 2.25 bits per heavy atom. The van der Waals surface area contributed by atoms with Gasteiger partial charge in [0.15, 0.2) is 6.23 Å². The van der Waals surface area contributed by atoms with Gasteiger partial charge in [-0.25, -0.2) is 4.79 Å². The Labute approximate surface area is 99.5 Å². The van der Waals surface area contributed by atoms with Crippen LogP contribution in [-0.4, -0.2) is 30.2 Å². The van der Waals surface area contributed by atoms with E-state index in [1.54, 1.807) is 6.92 Å². The lowest BCUT2D eigenvalue weighted by Crippen LogP contribution is -2.38. The van der Waals surface area contributed by atoms with Crippen molar-refractivity contribution < 1.29 is 9.53 Å². The van der Waals surface area contributed by atoms with Crippen molar-refractivity contribution in [2.24, 2.45) is 0 Å². The highest BCUT2D eigenvalue weighted by atomic mass is 16.6. The maximum absolute atomic E-state index is 11.5. The van der Waals surface area contributed by atoms with E-state index in [0.717, 1.165) is 32.4 Å². The van der Waals surface area contributed by atoms with Gasteiger partial charge < -0.3 is 4.74 Å². The largest absolute Gasteiger partial charge is 0.443 e. The molecule has 94 valence electrons. The van der Waals surface area contributed by atoms with Crippen LogP contribution in [0.3, 0.4) is 0 Å². The lowest BCUT2D eigenvalue weighted by Gasteiger charge is -2.29. The molecular weight excluding hydrogens is 202 g/mol. The fourth-order valence-electron chi connectivity index (χ4n) is 1.55. The lowest BCUT2D eigenvalue weighted by molar-refractivity contribution is -0.154. The van der Waals surface area contributed by atoms with Crippen molar-refractivity contribution in [2.75, 3.05) is 13.1 Å². The molecular formula is C13H25NO2. The minimum atomic E-state index is -0.284. The molecule has 0 rings (SSSR count). The van der Waals surface area contributed by atoms with Crippen molar-refractivity contribution in [3.05, 3.63) is 12.2 Å². The molecule has 1 atom stereocenters. The monoisotopic (exact) mass is 227 g/mol. The van der Waals surface area contributed by atoms with E-state index in [1.807, 2.05) is 0 Å². The summed E-state index contributed by atoms with van der Waals surface area (Å²) in [6.45, 7) is 13.4. The maximum Gasteiger partial charge on any atom is 0.334 e. The van der Waals surface area contributed by atoms with Crippen LogP contribution in [0.4, 0.5) is 0 Å². The van der Waals surface area contributed by atoms with Crippen LogP contribution in [0.1, 0.15) is 47.0 Å². The smallest absolute Gasteiger partial charge is 0.334 e. The van der Waals surface area contributed by atoms with E-state index >= 15 is 0 Å². The summed E-state index contributed by atoms with van der Waals surface area (Å²) < 4.78 is 5.45. The highest BCUT2D eigenvalue weighted by molar-refractivity contribution is 5.87. The van der Waals surface area contributed by atoms with Crippen molar-refractivity contribution in [1.29, 1.82) is 0 Å². The van der Waals surface area contributed by atoms with Crippen LogP contribution >= 0.6 is 0 Å². The maximum atomic E-state index is 11.5. The van der Waals surface area contributed by atoms with Crippen molar-refractivity contribution in [2.45, 2.75) is 53.2 Å². The van der Waals surface area contributed by atoms with Gasteiger partial charge in [0.05, 0.1) is 0 Å². The van der Waals surface area contributed by atoms with Crippen LogP contribution in [0.2, 0.25) is 0 Å². The molecule has 0 heterocycles. The first-order valence-electron chi connectivity index (χ1n) is 6.17. The fraction of sp³-hybridized carbons (Fsp3) is 0.769. The summed E-state index contributed by atoms with van der Waals surface area (Å²) in [5.74, 6) is -0.284. The van der Waals surface area contributed by atoms with E-state index in [9.17, 15) is 4.79 Å². The SMILES string of the molecule is C=C(C)C(=O)OC(CCCC)N(CC)CC. The second-order valence-electron chi connectivity index (χ2n) is 4.00. The second kappa shape index (κ2) is 8.34. The predicted octanol–water partition coefficient (Wildman–Crippen LogP) is 2.96. The Hall–Kier alpha value is -0.830. The molecule has 3 heteroatoms. The highest BCUT2D eigenvalue weighted by Gasteiger charge is 2.19. The Morgan fingerprint density at radius 2 is 1.88 bits per heavy atom. The van der Waals surface area contributed by atoms with Gasteiger partial charge in [-0.1, -0.05) is 33.8 Å². The molecule has 0 amide bonds. The van der Waals surface area contributed by atoms with Crippen molar-refractivity contribution >= 4 is 5.97 Å². The predicted molar refractivity (Wildman–Crippen MR) is 67.1 cm³/mol. The minimum Gasteiger partial charge on any atom is -0.443 e. The van der Waals surface area contributed by atoms with Crippen LogP contribution in [0.5, 0.6) is 0 Å². The average Bonchev–Trinajstić information content (AvgIpc) is 2.26. The summed E-state index contributed by atoms with van der Waals surface area (Å²) in [5.41, 5.74) is 0.466. The summed E-state index contributed by atoms with van der Waals surface area (Å²) >= 11 is 0. The van der Waals surface area contributed by atoms with Gasteiger partial charge >= 0.3 is 5.97 Å². The van der Waals surface area contributed by atoms with Crippen LogP contribution in [0.25, 0.3) is 0 Å². The normalized spacial score (nSPS) is 12.6. The molecule has 0 aromatic heterocycles. The molecule has 16 heavy (non-hydrogen) atoms. The highest BCUT2D eigenvalue weighted by Crippen LogP contribution is 2.12. The first-order chi connectivity index (χ1) is 7.56. The third-order valence-corrected chi connectivity index (χ3v) is 2.62. The molecule has 0 aromatic rings. The average molecular weight is 227 g/mol. The molecule has 0 aliphatic carbocycles. The minimum absolute atomic E-state index is 0.0980. The summed E-state index contributed by atoms with van der Waals surface area (Å²) in [7, 11) is 0. The first-order valence-corrected chi connectivity index (χ1v) is 6.17. The molecule has 0 fully saturated rings. The number of carbonyl (C=O) groups is 1. The number of esters is 1. The quantitative estimate of drug-likeness (QED) is 0.363. The molecule has 0 saturated heterocycles. The van der Waals surface area contributed by atoms with Gasteiger partial charge in [-0.3, -0.25) is 4.90 Å². The summed E-state index contributed by atoms with van der Waals surface area (Å²) in [4.78, 5) is 13.7. The van der Waals surface area contributed by atoms with Gasteiger partial charge in [0.1, 0.15) is 0 Å². The van der Waals surface area contributed by atoms with Gasteiger partial charge in [0.25, 0.3) is 0 Å². The standard InChI is InChI=1S/C13H25NO2/c1-6-9-10-12(14(7-2)8-3)16-13(15)11(4)5/h12H,4,6-10H2,1-3,5H3. The van der Waals surface area contributed by atoms with Crippen LogP contribution in [0, 0.1) is 0 Å². The van der Waals surface area contributed by atoms with Crippen LogP contribution < -0.4 is 0 Å². The van der Waals surface area contributed by atoms with Crippen LogP contribution in [-0.2, 0) is 9.53 Å². The number of rotatable bonds is 8. The fourth-order valence-corrected chi connectivity index (χ4v) is 1.55. The number of hydrogen-bond acceptors (Lipinski definition) is 3. The zero-order valence-electron chi connectivity index (χ0n) is 11.1. The lowest BCUT2D eigenvalue weighted by atomic mass is 10.2. The molecule has 0 aliphatic heterocycles. The Balaban J connectivity index is 4.40. The number of nitrogens with zero attached hydrogens (tertiary/aromatic N) is 1. The Kier molecular flexibility index (Phi) is 7.90. The third-order valence-electron chi connectivity index (χ3n) is 2.62. The van der Waals surface area contributed by atoms with Gasteiger partial charge in [0, 0.05) is 5.57 Å². The van der Waals surface area contributed by atoms with E-state index in [-0.39, 0.29) is 12.2 Å². The molecule has 0 saturated carbocycles. The Bertz CT molecular complexity index is 222. The van der Waals surface area contributed by atoms with Gasteiger partial charge in [-0.05, 0) is 32.9 Å². The van der Waals surface area contributed by atoms with E-state index in [2.05, 4.69) is 32.3 Å². The summed E-state index contributed by atoms with van der Waals surface area (Å²) in [5, 5.41) is 0. The van der Waals surface area contributed by atoms with Gasteiger partial charge in [-0.15, -0.1) is 0 Å². The van der Waals surface area contributed by atoms with E-state index in [1.165, 1.54) is 0 Å². The number of ether oxygens (including phenoxy) is 1. The number of carbonyl (C=O) groups excluding carboxylic acids is 1. The molecule has 0 bridgehead atoms. The van der Waals surface area contributed by atoms with E-state index < -0.39 is 0 Å². The zero-order valence-corrected chi connectivity index (χ0v) is 11.1. The molecule has 0 radical (unpaired) electrons. The van der Waals surface area contributed by atoms with Gasteiger partial charge in [0.2, 0.25) is 0 Å². The van der Waals surface area contributed by atoms with Crippen molar-refractivity contribution in [1.82, 2.24) is 4.90 Å². The molecule has 0 aromatic carbocycles. The molecule has 1 unspecified atom stereocenters. The zero-order chi connectivity index (χ0) is 12.6. The molecule has 3 nitrogen and oxygen atoms in total. The van der Waals surface area contributed by atoms with Crippen molar-refractivity contribution in [3.8, 4) is 0 Å². The van der Waals surface area contributed by atoms with Crippen LogP contribution in [0.15, 0.2) is 12.2 Å². The third kappa shape index (κ3) is 5.31. The molecule has 0 spiro atoms. The van der Waals surface area contributed by atoms with E-state index in [0.29, 0.717) is 5.57 Å². The van der Waals surface area contributed by atoms with E-state index in [4.69, 9.17) is 4.74 Å². The second-order valence-corrected chi connectivity index (χ2v) is 4.00.